The standard InChI is InChI=1S/C22H15FN6O/c23-17-7-6-14(11-16(17)21(24)30)18-8-9-19-22(26-18)29(28-27-19)12-15-4-1-3-13-5-2-10-25-20(13)15/h1-11H,12H2,(H2,24,30). The van der Waals surface area contributed by atoms with Gasteiger partial charge >= 0.3 is 0 Å². The Morgan fingerprint density at radius 1 is 1.07 bits per heavy atom. The van der Waals surface area contributed by atoms with E-state index in [0.717, 1.165) is 16.5 Å². The summed E-state index contributed by atoms with van der Waals surface area (Å²) in [4.78, 5) is 20.6. The van der Waals surface area contributed by atoms with Gasteiger partial charge in [-0.1, -0.05) is 29.5 Å². The number of halogens is 1. The Balaban J connectivity index is 1.59. The van der Waals surface area contributed by atoms with Gasteiger partial charge in [-0.15, -0.1) is 5.10 Å². The van der Waals surface area contributed by atoms with Crippen LogP contribution in [0.5, 0.6) is 0 Å². The maximum absolute atomic E-state index is 13.8. The summed E-state index contributed by atoms with van der Waals surface area (Å²) in [5.74, 6) is -1.49. The van der Waals surface area contributed by atoms with Crippen molar-refractivity contribution in [2.45, 2.75) is 6.54 Å². The topological polar surface area (TPSA) is 99.6 Å². The van der Waals surface area contributed by atoms with Crippen molar-refractivity contribution < 1.29 is 9.18 Å². The summed E-state index contributed by atoms with van der Waals surface area (Å²) < 4.78 is 15.5. The number of hydrogen-bond acceptors (Lipinski definition) is 5. The van der Waals surface area contributed by atoms with Crippen LogP contribution in [0.15, 0.2) is 66.9 Å². The molecule has 3 aromatic heterocycles. The Labute approximate surface area is 170 Å². The highest BCUT2D eigenvalue weighted by molar-refractivity contribution is 5.94. The second kappa shape index (κ2) is 7.00. The lowest BCUT2D eigenvalue weighted by Gasteiger charge is -2.07. The summed E-state index contributed by atoms with van der Waals surface area (Å²) in [6, 6.07) is 17.6. The fourth-order valence-corrected chi connectivity index (χ4v) is 3.45. The molecule has 0 bridgehead atoms. The molecule has 0 spiro atoms. The zero-order valence-electron chi connectivity index (χ0n) is 15.7. The molecule has 5 rings (SSSR count). The first-order chi connectivity index (χ1) is 14.6. The van der Waals surface area contributed by atoms with Crippen molar-refractivity contribution in [1.82, 2.24) is 25.0 Å². The number of rotatable bonds is 4. The lowest BCUT2D eigenvalue weighted by molar-refractivity contribution is 0.0996. The number of para-hydroxylation sites is 1. The van der Waals surface area contributed by atoms with E-state index in [1.54, 1.807) is 29.1 Å². The lowest BCUT2D eigenvalue weighted by atomic mass is 10.1. The van der Waals surface area contributed by atoms with E-state index < -0.39 is 11.7 Å². The van der Waals surface area contributed by atoms with Crippen LogP contribution in [-0.2, 0) is 6.54 Å². The van der Waals surface area contributed by atoms with Gasteiger partial charge in [0.1, 0.15) is 11.3 Å². The third-order valence-corrected chi connectivity index (χ3v) is 4.92. The maximum atomic E-state index is 13.8. The van der Waals surface area contributed by atoms with Gasteiger partial charge < -0.3 is 5.73 Å². The number of nitrogens with two attached hydrogens (primary N) is 1. The fourth-order valence-electron chi connectivity index (χ4n) is 3.45. The Morgan fingerprint density at radius 3 is 2.80 bits per heavy atom. The van der Waals surface area contributed by atoms with Crippen LogP contribution in [-0.4, -0.2) is 30.9 Å². The maximum Gasteiger partial charge on any atom is 0.251 e. The van der Waals surface area contributed by atoms with Crippen LogP contribution in [0.2, 0.25) is 0 Å². The summed E-state index contributed by atoms with van der Waals surface area (Å²) in [5.41, 5.74) is 9.31. The predicted molar refractivity (Wildman–Crippen MR) is 110 cm³/mol. The minimum atomic E-state index is -0.828. The minimum Gasteiger partial charge on any atom is -0.366 e. The third kappa shape index (κ3) is 3.04. The van der Waals surface area contributed by atoms with E-state index in [1.807, 2.05) is 30.3 Å². The molecule has 2 N–H and O–H groups in total. The number of fused-ring (bicyclic) bond motifs is 2. The van der Waals surface area contributed by atoms with E-state index in [2.05, 4.69) is 20.3 Å². The quantitative estimate of drug-likeness (QED) is 0.501. The van der Waals surface area contributed by atoms with E-state index in [0.29, 0.717) is 29.0 Å². The Kier molecular flexibility index (Phi) is 4.17. The molecule has 0 aliphatic heterocycles. The smallest absolute Gasteiger partial charge is 0.251 e. The summed E-state index contributed by atoms with van der Waals surface area (Å²) in [6.07, 6.45) is 1.76. The number of aromatic nitrogens is 5. The van der Waals surface area contributed by atoms with E-state index in [1.165, 1.54) is 12.1 Å². The van der Waals surface area contributed by atoms with Crippen LogP contribution in [0.1, 0.15) is 15.9 Å². The third-order valence-electron chi connectivity index (χ3n) is 4.92. The van der Waals surface area contributed by atoms with Gasteiger partial charge in [-0.3, -0.25) is 9.78 Å². The summed E-state index contributed by atoms with van der Waals surface area (Å²) >= 11 is 0. The van der Waals surface area contributed by atoms with Gasteiger partial charge in [0.15, 0.2) is 5.65 Å². The number of amides is 1. The molecule has 0 radical (unpaired) electrons. The zero-order valence-corrected chi connectivity index (χ0v) is 15.7. The molecule has 146 valence electrons. The van der Waals surface area contributed by atoms with Crippen molar-refractivity contribution in [3.63, 3.8) is 0 Å². The molecule has 30 heavy (non-hydrogen) atoms. The van der Waals surface area contributed by atoms with Crippen molar-refractivity contribution in [2.24, 2.45) is 5.73 Å². The predicted octanol–water partition coefficient (Wildman–Crippen LogP) is 3.33. The molecule has 8 heteroatoms. The molecule has 0 aliphatic rings. The van der Waals surface area contributed by atoms with Crippen LogP contribution < -0.4 is 5.73 Å². The number of hydrogen-bond donors (Lipinski definition) is 1. The van der Waals surface area contributed by atoms with Crippen molar-refractivity contribution in [3.05, 3.63) is 83.8 Å². The molecule has 0 saturated heterocycles. The molecule has 0 saturated carbocycles. The van der Waals surface area contributed by atoms with Crippen molar-refractivity contribution in [2.75, 3.05) is 0 Å². The molecule has 0 aliphatic carbocycles. The number of primary amides is 1. The highest BCUT2D eigenvalue weighted by atomic mass is 19.1. The molecule has 5 aromatic rings. The fraction of sp³-hybridized carbons (Fsp3) is 0.0455. The van der Waals surface area contributed by atoms with E-state index in [4.69, 9.17) is 5.73 Å². The van der Waals surface area contributed by atoms with Gasteiger partial charge in [-0.25, -0.2) is 14.1 Å². The average molecular weight is 398 g/mol. The van der Waals surface area contributed by atoms with Crippen LogP contribution in [0.4, 0.5) is 4.39 Å². The second-order valence-electron chi connectivity index (χ2n) is 6.84. The number of carbonyl (C=O) groups excluding carboxylic acids is 1. The van der Waals surface area contributed by atoms with Gasteiger partial charge in [0.05, 0.1) is 23.3 Å². The molecule has 0 fully saturated rings. The normalized spacial score (nSPS) is 11.2. The lowest BCUT2D eigenvalue weighted by Crippen LogP contribution is -2.13. The van der Waals surface area contributed by atoms with Gasteiger partial charge in [-0.2, -0.15) is 0 Å². The zero-order chi connectivity index (χ0) is 20.7. The first-order valence-corrected chi connectivity index (χ1v) is 9.23. The second-order valence-corrected chi connectivity index (χ2v) is 6.84. The summed E-state index contributed by atoms with van der Waals surface area (Å²) in [6.45, 7) is 0.442. The van der Waals surface area contributed by atoms with Crippen molar-refractivity contribution in [1.29, 1.82) is 0 Å². The Bertz CT molecular complexity index is 1420. The van der Waals surface area contributed by atoms with Gasteiger partial charge in [0.2, 0.25) is 0 Å². The monoisotopic (exact) mass is 398 g/mol. The Hall–Kier alpha value is -4.20. The number of carbonyl (C=O) groups is 1. The van der Waals surface area contributed by atoms with E-state index in [-0.39, 0.29) is 5.56 Å². The van der Waals surface area contributed by atoms with Crippen LogP contribution >= 0.6 is 0 Å². The molecule has 2 aromatic carbocycles. The average Bonchev–Trinajstić information content (AvgIpc) is 3.16. The SMILES string of the molecule is NC(=O)c1cc(-c2ccc3nnn(Cc4cccc5cccnc45)c3n2)ccc1F. The highest BCUT2D eigenvalue weighted by Gasteiger charge is 2.14. The molecule has 7 nitrogen and oxygen atoms in total. The number of nitrogens with zero attached hydrogens (tertiary/aromatic N) is 5. The van der Waals surface area contributed by atoms with Crippen molar-refractivity contribution >= 4 is 28.0 Å². The molecular formula is C22H15FN6O. The molecule has 1 amide bonds. The first-order valence-electron chi connectivity index (χ1n) is 9.23. The summed E-state index contributed by atoms with van der Waals surface area (Å²) in [5, 5.41) is 9.46. The minimum absolute atomic E-state index is 0.178. The largest absolute Gasteiger partial charge is 0.366 e. The van der Waals surface area contributed by atoms with Gasteiger partial charge in [-0.05, 0) is 42.0 Å². The number of benzene rings is 2. The molecule has 0 atom stereocenters. The number of pyridine rings is 2. The van der Waals surface area contributed by atoms with E-state index >= 15 is 0 Å². The first kappa shape index (κ1) is 17.9. The van der Waals surface area contributed by atoms with Crippen molar-refractivity contribution in [3.8, 4) is 11.3 Å². The Morgan fingerprint density at radius 2 is 1.93 bits per heavy atom. The van der Waals surface area contributed by atoms with Gasteiger partial charge in [0.25, 0.3) is 5.91 Å². The summed E-state index contributed by atoms with van der Waals surface area (Å²) in [7, 11) is 0. The van der Waals surface area contributed by atoms with Crippen LogP contribution in [0.3, 0.4) is 0 Å². The van der Waals surface area contributed by atoms with Crippen LogP contribution in [0.25, 0.3) is 33.3 Å². The van der Waals surface area contributed by atoms with Crippen LogP contribution in [0, 0.1) is 5.82 Å². The molecule has 0 unspecified atom stereocenters. The van der Waals surface area contributed by atoms with Gasteiger partial charge in [0, 0.05) is 17.1 Å². The highest BCUT2D eigenvalue weighted by Crippen LogP contribution is 2.23. The van der Waals surface area contributed by atoms with E-state index in [9.17, 15) is 9.18 Å². The molecular weight excluding hydrogens is 383 g/mol. The molecule has 3 heterocycles.